The van der Waals surface area contributed by atoms with Crippen LogP contribution in [0.15, 0.2) is 22.7 Å². The van der Waals surface area contributed by atoms with Crippen LogP contribution >= 0.6 is 15.9 Å². The highest BCUT2D eigenvalue weighted by Crippen LogP contribution is 2.39. The van der Waals surface area contributed by atoms with Gasteiger partial charge in [-0.1, -0.05) is 28.4 Å². The number of halogens is 2. The van der Waals surface area contributed by atoms with Crippen LogP contribution in [0, 0.1) is 11.7 Å². The third-order valence-corrected chi connectivity index (χ3v) is 3.79. The smallest absolute Gasteiger partial charge is 0.124 e. The molecule has 0 saturated heterocycles. The Morgan fingerprint density at radius 3 is 2.67 bits per heavy atom. The van der Waals surface area contributed by atoms with Crippen LogP contribution in [-0.2, 0) is 0 Å². The Balaban J connectivity index is 2.25. The van der Waals surface area contributed by atoms with Crippen LogP contribution < -0.4 is 11.3 Å². The molecule has 4 heteroatoms. The molecule has 1 saturated carbocycles. The van der Waals surface area contributed by atoms with Gasteiger partial charge in [0.15, 0.2) is 0 Å². The molecule has 0 aliphatic heterocycles. The zero-order valence-electron chi connectivity index (χ0n) is 8.34. The Kier molecular flexibility index (Phi) is 3.38. The van der Waals surface area contributed by atoms with Gasteiger partial charge in [0.05, 0.1) is 0 Å². The number of hydrogen-bond donors (Lipinski definition) is 2. The maximum absolute atomic E-state index is 12.9. The molecule has 0 spiro atoms. The first-order chi connectivity index (χ1) is 7.22. The van der Waals surface area contributed by atoms with E-state index in [1.54, 1.807) is 6.07 Å². The molecule has 2 rings (SSSR count). The summed E-state index contributed by atoms with van der Waals surface area (Å²) in [4.78, 5) is 0. The fourth-order valence-electron chi connectivity index (χ4n) is 2.01. The molecule has 2 nitrogen and oxygen atoms in total. The van der Waals surface area contributed by atoms with Crippen molar-refractivity contribution in [3.63, 3.8) is 0 Å². The summed E-state index contributed by atoms with van der Waals surface area (Å²) in [6.07, 6.45) is 3.65. The molecule has 0 aromatic heterocycles. The van der Waals surface area contributed by atoms with Gasteiger partial charge < -0.3 is 0 Å². The van der Waals surface area contributed by atoms with Gasteiger partial charge in [-0.25, -0.2) is 4.39 Å². The van der Waals surface area contributed by atoms with Gasteiger partial charge >= 0.3 is 0 Å². The number of hydrazine groups is 1. The van der Waals surface area contributed by atoms with E-state index in [1.165, 1.54) is 31.4 Å². The van der Waals surface area contributed by atoms with Crippen molar-refractivity contribution in [3.05, 3.63) is 34.1 Å². The summed E-state index contributed by atoms with van der Waals surface area (Å²) < 4.78 is 13.7. The van der Waals surface area contributed by atoms with Crippen molar-refractivity contribution in [1.82, 2.24) is 5.43 Å². The molecule has 1 unspecified atom stereocenters. The highest BCUT2D eigenvalue weighted by Gasteiger charge is 2.28. The van der Waals surface area contributed by atoms with Crippen molar-refractivity contribution in [1.29, 1.82) is 0 Å². The summed E-state index contributed by atoms with van der Waals surface area (Å²) in [5.74, 6) is 5.91. The van der Waals surface area contributed by atoms with E-state index in [0.29, 0.717) is 5.92 Å². The van der Waals surface area contributed by atoms with Crippen LogP contribution in [0.5, 0.6) is 0 Å². The maximum Gasteiger partial charge on any atom is 0.124 e. The average molecular weight is 273 g/mol. The minimum Gasteiger partial charge on any atom is -0.271 e. The molecular formula is C11H14BrFN2. The third kappa shape index (κ3) is 2.22. The molecule has 82 valence electrons. The first-order valence-electron chi connectivity index (χ1n) is 5.13. The van der Waals surface area contributed by atoms with Crippen LogP contribution in [-0.4, -0.2) is 0 Å². The lowest BCUT2D eigenvalue weighted by Crippen LogP contribution is -2.36. The molecule has 1 aliphatic carbocycles. The Bertz CT molecular complexity index is 352. The molecule has 1 fully saturated rings. The lowest BCUT2D eigenvalue weighted by molar-refractivity contribution is 0.231. The molecule has 3 N–H and O–H groups in total. The SMILES string of the molecule is NNC(c1ccc(F)cc1Br)C1CCC1. The predicted octanol–water partition coefficient (Wildman–Crippen LogP) is 2.89. The average Bonchev–Trinajstić information content (AvgIpc) is 2.12. The Morgan fingerprint density at radius 1 is 1.47 bits per heavy atom. The van der Waals surface area contributed by atoms with Crippen molar-refractivity contribution >= 4 is 15.9 Å². The monoisotopic (exact) mass is 272 g/mol. The molecule has 0 amide bonds. The van der Waals surface area contributed by atoms with Gasteiger partial charge in [0.25, 0.3) is 0 Å². The predicted molar refractivity (Wildman–Crippen MR) is 61.5 cm³/mol. The zero-order valence-corrected chi connectivity index (χ0v) is 9.93. The van der Waals surface area contributed by atoms with Gasteiger partial charge in [0, 0.05) is 10.5 Å². The molecule has 1 atom stereocenters. The second kappa shape index (κ2) is 4.60. The van der Waals surface area contributed by atoms with E-state index in [0.717, 1.165) is 10.0 Å². The van der Waals surface area contributed by atoms with Gasteiger partial charge in [0.2, 0.25) is 0 Å². The maximum atomic E-state index is 12.9. The molecule has 0 radical (unpaired) electrons. The van der Waals surface area contributed by atoms with Crippen molar-refractivity contribution in [2.75, 3.05) is 0 Å². The first kappa shape index (κ1) is 11.0. The Hall–Kier alpha value is -0.450. The standard InChI is InChI=1S/C11H14BrFN2/c12-10-6-8(13)4-5-9(10)11(15-14)7-2-1-3-7/h4-7,11,15H,1-3,14H2. The topological polar surface area (TPSA) is 38.0 Å². The second-order valence-corrected chi connectivity index (χ2v) is 4.86. The molecule has 1 aliphatic rings. The quantitative estimate of drug-likeness (QED) is 0.656. The van der Waals surface area contributed by atoms with Gasteiger partial charge in [-0.15, -0.1) is 0 Å². The van der Waals surface area contributed by atoms with E-state index in [1.807, 2.05) is 0 Å². The highest BCUT2D eigenvalue weighted by molar-refractivity contribution is 9.10. The molecule has 0 bridgehead atoms. The van der Waals surface area contributed by atoms with Crippen LogP contribution in [0.1, 0.15) is 30.9 Å². The highest BCUT2D eigenvalue weighted by atomic mass is 79.9. The Morgan fingerprint density at radius 2 is 2.20 bits per heavy atom. The number of hydrogen-bond acceptors (Lipinski definition) is 2. The van der Waals surface area contributed by atoms with E-state index in [4.69, 9.17) is 5.84 Å². The van der Waals surface area contributed by atoms with Crippen molar-refractivity contribution in [2.45, 2.75) is 25.3 Å². The van der Waals surface area contributed by atoms with Crippen molar-refractivity contribution in [2.24, 2.45) is 11.8 Å². The summed E-state index contributed by atoms with van der Waals surface area (Å²) in [7, 11) is 0. The number of nitrogens with two attached hydrogens (primary N) is 1. The van der Waals surface area contributed by atoms with Gasteiger partial charge in [-0.05, 0) is 36.5 Å². The first-order valence-corrected chi connectivity index (χ1v) is 5.92. The molecule has 1 aromatic rings. The largest absolute Gasteiger partial charge is 0.271 e. The van der Waals surface area contributed by atoms with Gasteiger partial charge in [0.1, 0.15) is 5.82 Å². The van der Waals surface area contributed by atoms with E-state index in [2.05, 4.69) is 21.4 Å². The second-order valence-electron chi connectivity index (χ2n) is 4.00. The summed E-state index contributed by atoms with van der Waals surface area (Å²) in [6.45, 7) is 0. The summed E-state index contributed by atoms with van der Waals surface area (Å²) in [6, 6.07) is 4.89. The number of benzene rings is 1. The van der Waals surface area contributed by atoms with E-state index in [9.17, 15) is 4.39 Å². The zero-order chi connectivity index (χ0) is 10.8. The van der Waals surface area contributed by atoms with E-state index in [-0.39, 0.29) is 11.9 Å². The van der Waals surface area contributed by atoms with Gasteiger partial charge in [-0.3, -0.25) is 11.3 Å². The molecule has 1 aromatic carbocycles. The minimum atomic E-state index is -0.227. The third-order valence-electron chi connectivity index (χ3n) is 3.10. The normalized spacial score (nSPS) is 18.6. The van der Waals surface area contributed by atoms with Crippen LogP contribution in [0.4, 0.5) is 4.39 Å². The van der Waals surface area contributed by atoms with E-state index < -0.39 is 0 Å². The summed E-state index contributed by atoms with van der Waals surface area (Å²) in [5.41, 5.74) is 3.87. The van der Waals surface area contributed by atoms with Crippen molar-refractivity contribution < 1.29 is 4.39 Å². The molecule has 15 heavy (non-hydrogen) atoms. The fraction of sp³-hybridized carbons (Fsp3) is 0.455. The number of nitrogens with one attached hydrogen (secondary N) is 1. The van der Waals surface area contributed by atoms with Gasteiger partial charge in [-0.2, -0.15) is 0 Å². The molecular weight excluding hydrogens is 259 g/mol. The van der Waals surface area contributed by atoms with Crippen LogP contribution in [0.25, 0.3) is 0 Å². The summed E-state index contributed by atoms with van der Waals surface area (Å²) in [5, 5.41) is 0. The lowest BCUT2D eigenvalue weighted by Gasteiger charge is -2.34. The van der Waals surface area contributed by atoms with Crippen LogP contribution in [0.2, 0.25) is 0 Å². The van der Waals surface area contributed by atoms with Crippen molar-refractivity contribution in [3.8, 4) is 0 Å². The summed E-state index contributed by atoms with van der Waals surface area (Å²) >= 11 is 3.37. The van der Waals surface area contributed by atoms with E-state index >= 15 is 0 Å². The lowest BCUT2D eigenvalue weighted by atomic mass is 9.77. The number of rotatable bonds is 3. The van der Waals surface area contributed by atoms with Crippen LogP contribution in [0.3, 0.4) is 0 Å². The fourth-order valence-corrected chi connectivity index (χ4v) is 2.60. The molecule has 0 heterocycles. The minimum absolute atomic E-state index is 0.133. The Labute approximate surface area is 97.1 Å².